The fourth-order valence-corrected chi connectivity index (χ4v) is 4.94. The van der Waals surface area contributed by atoms with E-state index in [-0.39, 0.29) is 5.92 Å². The molecule has 0 aromatic heterocycles. The largest absolute Gasteiger partial charge is 0.492 e. The second kappa shape index (κ2) is 10.3. The Morgan fingerprint density at radius 1 is 0.875 bits per heavy atom. The van der Waals surface area contributed by atoms with Gasteiger partial charge in [-0.25, -0.2) is 0 Å². The maximum absolute atomic E-state index is 12.3. The Balaban J connectivity index is 1.61. The highest BCUT2D eigenvalue weighted by Crippen LogP contribution is 2.44. The van der Waals surface area contributed by atoms with Gasteiger partial charge in [0, 0.05) is 12.5 Å². The highest BCUT2D eigenvalue weighted by atomic mass is 16.5. The van der Waals surface area contributed by atoms with E-state index in [1.165, 1.54) is 31.5 Å². The molecule has 1 heterocycles. The van der Waals surface area contributed by atoms with Gasteiger partial charge >= 0.3 is 0 Å². The minimum Gasteiger partial charge on any atom is -0.492 e. The maximum Gasteiger partial charge on any atom is 0.121 e. The number of likely N-dealkylation sites (tertiary alicyclic amines) is 1. The van der Waals surface area contributed by atoms with Crippen molar-refractivity contribution >= 4 is 0 Å². The van der Waals surface area contributed by atoms with Gasteiger partial charge in [0.05, 0.1) is 0 Å². The van der Waals surface area contributed by atoms with E-state index in [4.69, 9.17) is 4.74 Å². The molecule has 4 rings (SSSR count). The summed E-state index contributed by atoms with van der Waals surface area (Å²) in [6.45, 7) is 8.26. The highest BCUT2D eigenvalue weighted by Gasteiger charge is 2.40. The quantitative estimate of drug-likeness (QED) is 0.460. The zero-order valence-corrected chi connectivity index (χ0v) is 19.3. The van der Waals surface area contributed by atoms with Crippen LogP contribution in [0.5, 0.6) is 5.75 Å². The standard InChI is InChI=1S/C29H35NO2/c1-3-28(24-9-5-4-6-10-24)29(31,25-13-11-23(2)12-14-25)26-15-17-27(18-16-26)32-22-21-30-19-7-8-20-30/h4-6,9-18,28,31H,3,7-8,19-22H2,1-2H3/t28-,29-/m1/s1. The Morgan fingerprint density at radius 3 is 2.06 bits per heavy atom. The van der Waals surface area contributed by atoms with Crippen molar-refractivity contribution < 1.29 is 9.84 Å². The van der Waals surface area contributed by atoms with E-state index in [0.717, 1.165) is 35.4 Å². The van der Waals surface area contributed by atoms with E-state index in [9.17, 15) is 5.11 Å². The van der Waals surface area contributed by atoms with E-state index >= 15 is 0 Å². The van der Waals surface area contributed by atoms with Crippen molar-refractivity contribution in [3.05, 3.63) is 101 Å². The lowest BCUT2D eigenvalue weighted by Gasteiger charge is -2.37. The van der Waals surface area contributed by atoms with E-state index in [1.807, 2.05) is 42.5 Å². The molecule has 0 unspecified atom stereocenters. The molecule has 1 fully saturated rings. The Morgan fingerprint density at radius 2 is 1.47 bits per heavy atom. The molecule has 0 spiro atoms. The van der Waals surface area contributed by atoms with Crippen LogP contribution >= 0.6 is 0 Å². The van der Waals surface area contributed by atoms with Crippen LogP contribution in [0.1, 0.15) is 54.4 Å². The number of aliphatic hydroxyl groups is 1. The summed E-state index contributed by atoms with van der Waals surface area (Å²) in [7, 11) is 0. The lowest BCUT2D eigenvalue weighted by atomic mass is 9.72. The average Bonchev–Trinajstić information content (AvgIpc) is 3.34. The van der Waals surface area contributed by atoms with E-state index in [1.54, 1.807) is 0 Å². The maximum atomic E-state index is 12.3. The first-order chi connectivity index (χ1) is 15.6. The van der Waals surface area contributed by atoms with Crippen molar-refractivity contribution in [2.24, 2.45) is 0 Å². The van der Waals surface area contributed by atoms with Gasteiger partial charge in [0.25, 0.3) is 0 Å². The number of aryl methyl sites for hydroxylation is 1. The van der Waals surface area contributed by atoms with Crippen LogP contribution in [0.2, 0.25) is 0 Å². The smallest absolute Gasteiger partial charge is 0.121 e. The van der Waals surface area contributed by atoms with Gasteiger partial charge in [0.2, 0.25) is 0 Å². The second-order valence-electron chi connectivity index (χ2n) is 8.93. The van der Waals surface area contributed by atoms with Gasteiger partial charge in [-0.05, 0) is 68.1 Å². The van der Waals surface area contributed by atoms with E-state index < -0.39 is 5.60 Å². The molecule has 3 aromatic carbocycles. The molecule has 2 atom stereocenters. The minimum atomic E-state index is -1.13. The lowest BCUT2D eigenvalue weighted by Crippen LogP contribution is -2.35. The predicted molar refractivity (Wildman–Crippen MR) is 131 cm³/mol. The average molecular weight is 430 g/mol. The molecule has 32 heavy (non-hydrogen) atoms. The van der Waals surface area contributed by atoms with Gasteiger partial charge in [-0.3, -0.25) is 4.90 Å². The molecule has 0 bridgehead atoms. The molecule has 3 heteroatoms. The van der Waals surface area contributed by atoms with Gasteiger partial charge in [-0.15, -0.1) is 0 Å². The zero-order chi connectivity index (χ0) is 22.4. The normalized spacial score (nSPS) is 17.1. The van der Waals surface area contributed by atoms with E-state index in [2.05, 4.69) is 55.1 Å². The molecule has 0 saturated carbocycles. The minimum absolute atomic E-state index is 0.0617. The summed E-state index contributed by atoms with van der Waals surface area (Å²) in [6, 6.07) is 26.7. The second-order valence-corrected chi connectivity index (χ2v) is 8.93. The van der Waals surface area contributed by atoms with Crippen molar-refractivity contribution in [3.63, 3.8) is 0 Å². The van der Waals surface area contributed by atoms with Crippen LogP contribution in [0.4, 0.5) is 0 Å². The molecule has 3 aromatic rings. The lowest BCUT2D eigenvalue weighted by molar-refractivity contribution is 0.0476. The first-order valence-electron chi connectivity index (χ1n) is 11.9. The number of rotatable bonds is 9. The Kier molecular flexibility index (Phi) is 7.29. The third-order valence-electron chi connectivity index (χ3n) is 6.78. The monoisotopic (exact) mass is 429 g/mol. The summed E-state index contributed by atoms with van der Waals surface area (Å²) in [6.07, 6.45) is 3.42. The summed E-state index contributed by atoms with van der Waals surface area (Å²) in [5.41, 5.74) is 3.01. The van der Waals surface area contributed by atoms with Crippen molar-refractivity contribution in [2.75, 3.05) is 26.2 Å². The molecule has 1 N–H and O–H groups in total. The zero-order valence-electron chi connectivity index (χ0n) is 19.3. The molecule has 0 aliphatic carbocycles. The van der Waals surface area contributed by atoms with Crippen molar-refractivity contribution in [2.45, 2.75) is 44.6 Å². The molecule has 3 nitrogen and oxygen atoms in total. The summed E-state index contributed by atoms with van der Waals surface area (Å²) < 4.78 is 6.01. The Hall–Kier alpha value is -2.62. The van der Waals surface area contributed by atoms with Gasteiger partial charge in [0.15, 0.2) is 0 Å². The first-order valence-corrected chi connectivity index (χ1v) is 11.9. The van der Waals surface area contributed by atoms with Crippen LogP contribution in [0, 0.1) is 6.92 Å². The number of benzene rings is 3. The molecule has 1 saturated heterocycles. The number of nitrogens with zero attached hydrogens (tertiary/aromatic N) is 1. The number of hydrogen-bond donors (Lipinski definition) is 1. The van der Waals surface area contributed by atoms with Crippen LogP contribution in [-0.2, 0) is 5.60 Å². The summed E-state index contributed by atoms with van der Waals surface area (Å²) in [4.78, 5) is 2.45. The van der Waals surface area contributed by atoms with Crippen molar-refractivity contribution in [1.29, 1.82) is 0 Å². The van der Waals surface area contributed by atoms with Crippen LogP contribution in [0.15, 0.2) is 78.9 Å². The molecule has 1 aliphatic heterocycles. The van der Waals surface area contributed by atoms with Gasteiger partial charge in [0.1, 0.15) is 18.0 Å². The topological polar surface area (TPSA) is 32.7 Å². The fraction of sp³-hybridized carbons (Fsp3) is 0.379. The summed E-state index contributed by atoms with van der Waals surface area (Å²) in [5, 5.41) is 12.3. The number of hydrogen-bond acceptors (Lipinski definition) is 3. The van der Waals surface area contributed by atoms with Gasteiger partial charge in [-0.2, -0.15) is 0 Å². The molecule has 0 amide bonds. The van der Waals surface area contributed by atoms with Crippen molar-refractivity contribution in [3.8, 4) is 5.75 Å². The fourth-order valence-electron chi connectivity index (χ4n) is 4.94. The van der Waals surface area contributed by atoms with E-state index in [0.29, 0.717) is 6.61 Å². The Labute approximate surface area is 192 Å². The molecule has 0 radical (unpaired) electrons. The molecule has 1 aliphatic rings. The van der Waals surface area contributed by atoms with Crippen LogP contribution in [0.25, 0.3) is 0 Å². The van der Waals surface area contributed by atoms with Crippen molar-refractivity contribution in [1.82, 2.24) is 4.90 Å². The Bertz CT molecular complexity index is 962. The number of ether oxygens (including phenoxy) is 1. The van der Waals surface area contributed by atoms with Crippen LogP contribution in [-0.4, -0.2) is 36.2 Å². The SMILES string of the molecule is CC[C@H](c1ccccc1)[C@@](O)(c1ccc(C)cc1)c1ccc(OCCN2CCCC2)cc1. The highest BCUT2D eigenvalue weighted by molar-refractivity contribution is 5.44. The third-order valence-corrected chi connectivity index (χ3v) is 6.78. The molecular formula is C29H35NO2. The first kappa shape index (κ1) is 22.6. The predicted octanol–water partition coefficient (Wildman–Crippen LogP) is 5.90. The molecular weight excluding hydrogens is 394 g/mol. The summed E-state index contributed by atoms with van der Waals surface area (Å²) in [5.74, 6) is 0.792. The summed E-state index contributed by atoms with van der Waals surface area (Å²) >= 11 is 0. The van der Waals surface area contributed by atoms with Crippen LogP contribution in [0.3, 0.4) is 0 Å². The van der Waals surface area contributed by atoms with Crippen LogP contribution < -0.4 is 4.74 Å². The van der Waals surface area contributed by atoms with Gasteiger partial charge < -0.3 is 9.84 Å². The molecule has 168 valence electrons. The third kappa shape index (κ3) is 4.90. The van der Waals surface area contributed by atoms with Gasteiger partial charge in [-0.1, -0.05) is 79.2 Å².